The Kier molecular flexibility index (Phi) is 4.45. The molecule has 1 aliphatic rings. The van der Waals surface area contributed by atoms with Gasteiger partial charge in [-0.05, 0) is 42.0 Å². The minimum Gasteiger partial charge on any atom is -0.299 e. The molecule has 0 saturated carbocycles. The minimum atomic E-state index is -0.235. The number of carbonyl (C=O) groups excluding carboxylic acids is 1. The van der Waals surface area contributed by atoms with E-state index < -0.39 is 0 Å². The predicted octanol–water partition coefficient (Wildman–Crippen LogP) is 2.16. The molecule has 0 aliphatic carbocycles. The van der Waals surface area contributed by atoms with Crippen LogP contribution in [0.2, 0.25) is 0 Å². The van der Waals surface area contributed by atoms with Crippen LogP contribution in [0.1, 0.15) is 43.1 Å². The number of likely N-dealkylation sites (tertiary alicyclic amines) is 1. The molecule has 1 heterocycles. The summed E-state index contributed by atoms with van der Waals surface area (Å²) in [7, 11) is 0. The number of benzene rings is 1. The molecule has 0 radical (unpaired) electrons. The molecule has 1 amide bonds. The van der Waals surface area contributed by atoms with Crippen molar-refractivity contribution in [3.63, 3.8) is 0 Å². The van der Waals surface area contributed by atoms with Gasteiger partial charge >= 0.3 is 0 Å². The zero-order chi connectivity index (χ0) is 14.8. The minimum absolute atomic E-state index is 0.235. The van der Waals surface area contributed by atoms with E-state index in [1.807, 2.05) is 12.1 Å². The Hall–Kier alpha value is -1.39. The summed E-state index contributed by atoms with van der Waals surface area (Å²) in [5.74, 6) is 5.69. The molecule has 2 rings (SSSR count). The van der Waals surface area contributed by atoms with Gasteiger partial charge in [-0.3, -0.25) is 15.1 Å². The van der Waals surface area contributed by atoms with E-state index >= 15 is 0 Å². The molecule has 1 fully saturated rings. The summed E-state index contributed by atoms with van der Waals surface area (Å²) in [5, 5.41) is 0. The number of nitrogens with two attached hydrogens (primary N) is 1. The van der Waals surface area contributed by atoms with E-state index in [1.165, 1.54) is 12.0 Å². The molecule has 4 heteroatoms. The molecule has 1 aromatic rings. The second-order valence-corrected chi connectivity index (χ2v) is 6.76. The van der Waals surface area contributed by atoms with E-state index in [1.54, 1.807) is 6.07 Å². The molecular formula is C16H25N3O. The van der Waals surface area contributed by atoms with Crippen molar-refractivity contribution in [3.8, 4) is 0 Å². The fourth-order valence-corrected chi connectivity index (χ4v) is 2.84. The van der Waals surface area contributed by atoms with Crippen LogP contribution in [0.3, 0.4) is 0 Å². The molecule has 0 aromatic heterocycles. The molecule has 0 spiro atoms. The molecule has 20 heavy (non-hydrogen) atoms. The third-order valence-corrected chi connectivity index (χ3v) is 4.22. The quantitative estimate of drug-likeness (QED) is 0.505. The highest BCUT2D eigenvalue weighted by Gasteiger charge is 2.31. The number of carbonyl (C=O) groups is 1. The second kappa shape index (κ2) is 5.94. The summed E-state index contributed by atoms with van der Waals surface area (Å²) in [6.07, 6.45) is 1.26. The van der Waals surface area contributed by atoms with Gasteiger partial charge in [0.05, 0.1) is 0 Å². The number of nitrogens with zero attached hydrogens (tertiary/aromatic N) is 1. The highest BCUT2D eigenvalue weighted by Crippen LogP contribution is 2.34. The monoisotopic (exact) mass is 275 g/mol. The summed E-state index contributed by atoms with van der Waals surface area (Å²) in [4.78, 5) is 14.0. The molecule has 1 saturated heterocycles. The zero-order valence-electron chi connectivity index (χ0n) is 12.6. The van der Waals surface area contributed by atoms with E-state index in [4.69, 9.17) is 5.84 Å². The van der Waals surface area contributed by atoms with E-state index in [9.17, 15) is 4.79 Å². The number of amides is 1. The fraction of sp³-hybridized carbons (Fsp3) is 0.562. The van der Waals surface area contributed by atoms with E-state index in [-0.39, 0.29) is 5.91 Å². The first-order valence-corrected chi connectivity index (χ1v) is 7.22. The lowest BCUT2D eigenvalue weighted by Gasteiger charge is -2.27. The topological polar surface area (TPSA) is 58.4 Å². The van der Waals surface area contributed by atoms with Crippen LogP contribution in [0.5, 0.6) is 0 Å². The average molecular weight is 275 g/mol. The summed E-state index contributed by atoms with van der Waals surface area (Å²) in [5.41, 5.74) is 4.34. The van der Waals surface area contributed by atoms with Crippen molar-refractivity contribution in [1.29, 1.82) is 0 Å². The lowest BCUT2D eigenvalue weighted by Crippen LogP contribution is -2.30. The highest BCUT2D eigenvalue weighted by molar-refractivity contribution is 5.93. The van der Waals surface area contributed by atoms with Gasteiger partial charge in [-0.1, -0.05) is 32.9 Å². The Morgan fingerprint density at radius 2 is 2.20 bits per heavy atom. The fourth-order valence-electron chi connectivity index (χ4n) is 2.84. The SMILES string of the molecule is CC(C)(C)C1CCN(Cc2cccc(C(=O)NN)c2)C1. The van der Waals surface area contributed by atoms with E-state index in [0.29, 0.717) is 11.0 Å². The normalized spacial score (nSPS) is 20.1. The summed E-state index contributed by atoms with van der Waals surface area (Å²) >= 11 is 0. The Labute approximate surface area is 121 Å². The Balaban J connectivity index is 2.00. The number of nitrogens with one attached hydrogen (secondary N) is 1. The van der Waals surface area contributed by atoms with Crippen molar-refractivity contribution in [3.05, 3.63) is 35.4 Å². The number of hydrazine groups is 1. The first kappa shape index (κ1) is 15.0. The number of rotatable bonds is 3. The Bertz CT molecular complexity index is 479. The standard InChI is InChI=1S/C16H25N3O/c1-16(2,3)14-7-8-19(11-14)10-12-5-4-6-13(9-12)15(20)18-17/h4-6,9,14H,7-8,10-11,17H2,1-3H3,(H,18,20). The highest BCUT2D eigenvalue weighted by atomic mass is 16.2. The first-order chi connectivity index (χ1) is 9.40. The van der Waals surface area contributed by atoms with Gasteiger partial charge in [-0.25, -0.2) is 5.84 Å². The summed E-state index contributed by atoms with van der Waals surface area (Å²) < 4.78 is 0. The van der Waals surface area contributed by atoms with Gasteiger partial charge in [0.2, 0.25) is 0 Å². The molecule has 0 bridgehead atoms. The average Bonchev–Trinajstić information content (AvgIpc) is 2.86. The molecule has 1 unspecified atom stereocenters. The van der Waals surface area contributed by atoms with E-state index in [0.717, 1.165) is 25.6 Å². The van der Waals surface area contributed by atoms with Gasteiger partial charge in [-0.15, -0.1) is 0 Å². The zero-order valence-corrected chi connectivity index (χ0v) is 12.6. The van der Waals surface area contributed by atoms with Crippen molar-refractivity contribution in [1.82, 2.24) is 10.3 Å². The van der Waals surface area contributed by atoms with Gasteiger partial charge in [0.1, 0.15) is 0 Å². The number of hydrogen-bond acceptors (Lipinski definition) is 3. The largest absolute Gasteiger partial charge is 0.299 e. The number of nitrogen functional groups attached to an aromatic ring is 1. The van der Waals surface area contributed by atoms with Crippen LogP contribution in [0.25, 0.3) is 0 Å². The van der Waals surface area contributed by atoms with Crippen LogP contribution >= 0.6 is 0 Å². The maximum Gasteiger partial charge on any atom is 0.265 e. The van der Waals surface area contributed by atoms with E-state index in [2.05, 4.69) is 37.2 Å². The van der Waals surface area contributed by atoms with Crippen LogP contribution in [0, 0.1) is 11.3 Å². The second-order valence-electron chi connectivity index (χ2n) is 6.76. The van der Waals surface area contributed by atoms with Crippen LogP contribution in [0.4, 0.5) is 0 Å². The molecule has 3 N–H and O–H groups in total. The van der Waals surface area contributed by atoms with Crippen molar-refractivity contribution < 1.29 is 4.79 Å². The van der Waals surface area contributed by atoms with Crippen molar-refractivity contribution in [2.45, 2.75) is 33.7 Å². The van der Waals surface area contributed by atoms with Crippen LogP contribution < -0.4 is 11.3 Å². The molecule has 1 atom stereocenters. The number of hydrogen-bond donors (Lipinski definition) is 2. The maximum atomic E-state index is 11.5. The third-order valence-electron chi connectivity index (χ3n) is 4.22. The van der Waals surface area contributed by atoms with Gasteiger partial charge in [-0.2, -0.15) is 0 Å². The van der Waals surface area contributed by atoms with Gasteiger partial charge in [0, 0.05) is 18.7 Å². The third kappa shape index (κ3) is 3.58. The summed E-state index contributed by atoms with van der Waals surface area (Å²) in [6.45, 7) is 10.1. The van der Waals surface area contributed by atoms with Crippen molar-refractivity contribution in [2.75, 3.05) is 13.1 Å². The lowest BCUT2D eigenvalue weighted by molar-refractivity contribution is 0.0953. The Morgan fingerprint density at radius 3 is 2.80 bits per heavy atom. The smallest absolute Gasteiger partial charge is 0.265 e. The van der Waals surface area contributed by atoms with Gasteiger partial charge in [0.15, 0.2) is 0 Å². The molecule has 4 nitrogen and oxygen atoms in total. The van der Waals surface area contributed by atoms with Crippen LogP contribution in [-0.2, 0) is 6.54 Å². The lowest BCUT2D eigenvalue weighted by atomic mass is 9.80. The van der Waals surface area contributed by atoms with Crippen LogP contribution in [-0.4, -0.2) is 23.9 Å². The van der Waals surface area contributed by atoms with Crippen molar-refractivity contribution in [2.24, 2.45) is 17.2 Å². The molecule has 1 aromatic carbocycles. The molecular weight excluding hydrogens is 250 g/mol. The predicted molar refractivity (Wildman–Crippen MR) is 80.9 cm³/mol. The molecule has 110 valence electrons. The van der Waals surface area contributed by atoms with Crippen molar-refractivity contribution >= 4 is 5.91 Å². The van der Waals surface area contributed by atoms with Crippen LogP contribution in [0.15, 0.2) is 24.3 Å². The molecule has 1 aliphatic heterocycles. The van der Waals surface area contributed by atoms with Gasteiger partial charge in [0.25, 0.3) is 5.91 Å². The Morgan fingerprint density at radius 1 is 1.45 bits per heavy atom. The van der Waals surface area contributed by atoms with Gasteiger partial charge < -0.3 is 0 Å². The first-order valence-electron chi connectivity index (χ1n) is 7.22. The maximum absolute atomic E-state index is 11.5. The summed E-state index contributed by atoms with van der Waals surface area (Å²) in [6, 6.07) is 7.69.